The van der Waals surface area contributed by atoms with E-state index in [1.165, 1.54) is 12.1 Å². The molecule has 0 fully saturated rings. The number of aromatic hydroxyl groups is 1. The Hall–Kier alpha value is -1.94. The van der Waals surface area contributed by atoms with Crippen LogP contribution in [0.1, 0.15) is 16.7 Å². The number of phenols is 1. The molecule has 2 rings (SSSR count). The fourth-order valence-electron chi connectivity index (χ4n) is 1.85. The van der Waals surface area contributed by atoms with Gasteiger partial charge in [-0.25, -0.2) is 8.78 Å². The van der Waals surface area contributed by atoms with Gasteiger partial charge in [-0.15, -0.1) is 0 Å². The first-order valence-corrected chi connectivity index (χ1v) is 5.99. The number of halogens is 2. The van der Waals surface area contributed by atoms with Crippen molar-refractivity contribution in [3.63, 3.8) is 0 Å². The summed E-state index contributed by atoms with van der Waals surface area (Å²) in [6.07, 6.45) is 0. The van der Waals surface area contributed by atoms with Gasteiger partial charge in [0.2, 0.25) is 0 Å². The van der Waals surface area contributed by atoms with Gasteiger partial charge in [-0.05, 0) is 30.7 Å². The van der Waals surface area contributed by atoms with Gasteiger partial charge in [0.05, 0.1) is 0 Å². The predicted molar refractivity (Wildman–Crippen MR) is 69.7 cm³/mol. The average Bonchev–Trinajstić information content (AvgIpc) is 2.38. The summed E-state index contributed by atoms with van der Waals surface area (Å²) in [6.45, 7) is 2.81. The van der Waals surface area contributed by atoms with Crippen molar-refractivity contribution < 1.29 is 13.9 Å². The zero-order valence-corrected chi connectivity index (χ0v) is 10.6. The predicted octanol–water partition coefficient (Wildman–Crippen LogP) is 3.27. The molecular formula is C15H15F2NO. The molecule has 0 heterocycles. The van der Waals surface area contributed by atoms with E-state index >= 15 is 0 Å². The Morgan fingerprint density at radius 1 is 1.00 bits per heavy atom. The van der Waals surface area contributed by atoms with Crippen molar-refractivity contribution >= 4 is 0 Å². The van der Waals surface area contributed by atoms with Crippen molar-refractivity contribution in [3.05, 3.63) is 64.7 Å². The molecule has 0 unspecified atom stereocenters. The van der Waals surface area contributed by atoms with Crippen LogP contribution in [0.25, 0.3) is 0 Å². The summed E-state index contributed by atoms with van der Waals surface area (Å²) in [4.78, 5) is 0. The number of nitrogens with one attached hydrogen (secondary N) is 1. The molecule has 19 heavy (non-hydrogen) atoms. The maximum Gasteiger partial charge on any atom is 0.159 e. The molecule has 0 saturated carbocycles. The lowest BCUT2D eigenvalue weighted by Crippen LogP contribution is -2.13. The monoisotopic (exact) mass is 263 g/mol. The van der Waals surface area contributed by atoms with E-state index in [9.17, 15) is 13.9 Å². The second-order valence-electron chi connectivity index (χ2n) is 4.48. The van der Waals surface area contributed by atoms with Crippen molar-refractivity contribution in [2.24, 2.45) is 0 Å². The minimum absolute atomic E-state index is 0.225. The molecule has 4 heteroatoms. The van der Waals surface area contributed by atoms with Gasteiger partial charge in [0.25, 0.3) is 0 Å². The third-order valence-electron chi connectivity index (χ3n) is 2.86. The standard InChI is InChI=1S/C15H15F2NO/c1-10-2-5-15(19)12(6-10)9-18-8-11-3-4-13(16)14(17)7-11/h2-7,18-19H,8-9H2,1H3. The zero-order valence-electron chi connectivity index (χ0n) is 10.6. The van der Waals surface area contributed by atoms with Crippen LogP contribution in [0.3, 0.4) is 0 Å². The molecular weight excluding hydrogens is 248 g/mol. The average molecular weight is 263 g/mol. The van der Waals surface area contributed by atoms with Crippen LogP contribution in [-0.4, -0.2) is 5.11 Å². The molecule has 0 bridgehead atoms. The highest BCUT2D eigenvalue weighted by molar-refractivity contribution is 5.35. The first-order chi connectivity index (χ1) is 9.06. The summed E-state index contributed by atoms with van der Waals surface area (Å²) in [6, 6.07) is 9.15. The lowest BCUT2D eigenvalue weighted by molar-refractivity contribution is 0.464. The quantitative estimate of drug-likeness (QED) is 0.887. The molecule has 0 radical (unpaired) electrons. The maximum atomic E-state index is 13.0. The van der Waals surface area contributed by atoms with E-state index in [2.05, 4.69) is 5.32 Å². The minimum atomic E-state index is -0.849. The van der Waals surface area contributed by atoms with Crippen LogP contribution >= 0.6 is 0 Å². The molecule has 0 amide bonds. The number of benzene rings is 2. The van der Waals surface area contributed by atoms with E-state index in [1.807, 2.05) is 19.1 Å². The van der Waals surface area contributed by atoms with Crippen LogP contribution in [0, 0.1) is 18.6 Å². The van der Waals surface area contributed by atoms with Gasteiger partial charge >= 0.3 is 0 Å². The Balaban J connectivity index is 1.96. The van der Waals surface area contributed by atoms with Crippen molar-refractivity contribution in [2.45, 2.75) is 20.0 Å². The zero-order chi connectivity index (χ0) is 13.8. The highest BCUT2D eigenvalue weighted by Gasteiger charge is 2.04. The van der Waals surface area contributed by atoms with Gasteiger partial charge in [-0.3, -0.25) is 0 Å². The summed E-state index contributed by atoms with van der Waals surface area (Å²) in [5, 5.41) is 12.7. The molecule has 0 saturated heterocycles. The second-order valence-corrected chi connectivity index (χ2v) is 4.48. The van der Waals surface area contributed by atoms with Crippen LogP contribution in [0.4, 0.5) is 8.78 Å². The van der Waals surface area contributed by atoms with Crippen LogP contribution in [0.15, 0.2) is 36.4 Å². The van der Waals surface area contributed by atoms with Gasteiger partial charge < -0.3 is 10.4 Å². The second kappa shape index (κ2) is 5.80. The largest absolute Gasteiger partial charge is 0.508 e. The number of rotatable bonds is 4. The Kier molecular flexibility index (Phi) is 4.12. The van der Waals surface area contributed by atoms with E-state index in [0.717, 1.165) is 17.2 Å². The Labute approximate surface area is 110 Å². The first kappa shape index (κ1) is 13.5. The third kappa shape index (κ3) is 3.51. The summed E-state index contributed by atoms with van der Waals surface area (Å²) < 4.78 is 25.8. The van der Waals surface area contributed by atoms with Crippen LogP contribution in [0.5, 0.6) is 5.75 Å². The molecule has 0 aliphatic carbocycles. The molecule has 100 valence electrons. The lowest BCUT2D eigenvalue weighted by atomic mass is 10.1. The molecule has 2 N–H and O–H groups in total. The molecule has 0 atom stereocenters. The molecule has 0 aliphatic rings. The van der Waals surface area contributed by atoms with Crippen LogP contribution in [0.2, 0.25) is 0 Å². The van der Waals surface area contributed by atoms with E-state index in [1.54, 1.807) is 6.07 Å². The Morgan fingerprint density at radius 2 is 1.79 bits per heavy atom. The van der Waals surface area contributed by atoms with E-state index in [0.29, 0.717) is 18.7 Å². The van der Waals surface area contributed by atoms with E-state index in [4.69, 9.17) is 0 Å². The molecule has 0 spiro atoms. The Bertz CT molecular complexity index is 584. The normalized spacial score (nSPS) is 10.7. The summed E-state index contributed by atoms with van der Waals surface area (Å²) in [7, 11) is 0. The molecule has 0 aromatic heterocycles. The van der Waals surface area contributed by atoms with Crippen molar-refractivity contribution in [2.75, 3.05) is 0 Å². The van der Waals surface area contributed by atoms with Gasteiger partial charge in [-0.1, -0.05) is 23.8 Å². The van der Waals surface area contributed by atoms with Crippen molar-refractivity contribution in [1.29, 1.82) is 0 Å². The summed E-state index contributed by atoms with van der Waals surface area (Å²) in [5.41, 5.74) is 2.50. The fraction of sp³-hybridized carbons (Fsp3) is 0.200. The SMILES string of the molecule is Cc1ccc(O)c(CNCc2ccc(F)c(F)c2)c1. The van der Waals surface area contributed by atoms with E-state index < -0.39 is 11.6 Å². The van der Waals surface area contributed by atoms with Crippen LogP contribution < -0.4 is 5.32 Å². The number of hydrogen-bond acceptors (Lipinski definition) is 2. The van der Waals surface area contributed by atoms with E-state index in [-0.39, 0.29) is 5.75 Å². The highest BCUT2D eigenvalue weighted by Crippen LogP contribution is 2.18. The summed E-state index contributed by atoms with van der Waals surface area (Å²) in [5.74, 6) is -1.47. The number of phenolic OH excluding ortho intramolecular Hbond substituents is 1. The van der Waals surface area contributed by atoms with Gasteiger partial charge in [0, 0.05) is 18.7 Å². The molecule has 2 aromatic rings. The highest BCUT2D eigenvalue weighted by atomic mass is 19.2. The molecule has 0 aliphatic heterocycles. The fourth-order valence-corrected chi connectivity index (χ4v) is 1.85. The van der Waals surface area contributed by atoms with Gasteiger partial charge in [0.1, 0.15) is 5.75 Å². The molecule has 2 aromatic carbocycles. The summed E-state index contributed by atoms with van der Waals surface area (Å²) >= 11 is 0. The van der Waals surface area contributed by atoms with Crippen molar-refractivity contribution in [3.8, 4) is 5.75 Å². The third-order valence-corrected chi connectivity index (χ3v) is 2.86. The lowest BCUT2D eigenvalue weighted by Gasteiger charge is -2.08. The van der Waals surface area contributed by atoms with Crippen molar-refractivity contribution in [1.82, 2.24) is 5.32 Å². The minimum Gasteiger partial charge on any atom is -0.508 e. The van der Waals surface area contributed by atoms with Crippen LogP contribution in [-0.2, 0) is 13.1 Å². The van der Waals surface area contributed by atoms with Gasteiger partial charge in [0.15, 0.2) is 11.6 Å². The van der Waals surface area contributed by atoms with Gasteiger partial charge in [-0.2, -0.15) is 0 Å². The number of aryl methyl sites for hydroxylation is 1. The molecule has 2 nitrogen and oxygen atoms in total. The smallest absolute Gasteiger partial charge is 0.159 e. The maximum absolute atomic E-state index is 13.0. The Morgan fingerprint density at radius 3 is 2.53 bits per heavy atom. The number of hydrogen-bond donors (Lipinski definition) is 2. The topological polar surface area (TPSA) is 32.3 Å². The first-order valence-electron chi connectivity index (χ1n) is 5.99.